The molecule has 0 fully saturated rings. The molecule has 1 aromatic carbocycles. The quantitative estimate of drug-likeness (QED) is 0.668. The summed E-state index contributed by atoms with van der Waals surface area (Å²) >= 11 is 11.6. The zero-order chi connectivity index (χ0) is 13.0. The van der Waals surface area contributed by atoms with E-state index in [1.165, 1.54) is 6.20 Å². The maximum absolute atomic E-state index is 9.12. The van der Waals surface area contributed by atoms with Gasteiger partial charge in [0.2, 0.25) is 0 Å². The minimum absolute atomic E-state index is 0.211. The number of pyridine rings is 1. The van der Waals surface area contributed by atoms with Crippen molar-refractivity contribution in [2.45, 2.75) is 0 Å². The number of nitrogens with one attached hydrogen (secondary N) is 1. The van der Waals surface area contributed by atoms with Crippen LogP contribution in [0, 0.1) is 0 Å². The monoisotopic (exact) mass is 281 g/mol. The second kappa shape index (κ2) is 5.71. The zero-order valence-electron chi connectivity index (χ0n) is 9.14. The molecule has 0 saturated heterocycles. The first-order valence-corrected chi connectivity index (χ1v) is 5.80. The van der Waals surface area contributed by atoms with Gasteiger partial charge in [-0.15, -0.1) is 0 Å². The third-order valence-corrected chi connectivity index (χ3v) is 2.58. The van der Waals surface area contributed by atoms with Crippen LogP contribution in [0.3, 0.4) is 0 Å². The van der Waals surface area contributed by atoms with Crippen LogP contribution in [0.1, 0.15) is 5.56 Å². The first kappa shape index (κ1) is 12.7. The molecule has 0 spiro atoms. The summed E-state index contributed by atoms with van der Waals surface area (Å²) in [6, 6.07) is 8.20. The largest absolute Gasteiger partial charge is 0.508 e. The highest BCUT2D eigenvalue weighted by Gasteiger charge is 2.00. The molecule has 0 aliphatic rings. The highest BCUT2D eigenvalue weighted by molar-refractivity contribution is 6.35. The summed E-state index contributed by atoms with van der Waals surface area (Å²) in [5, 5.41) is 14.0. The number of phenolic OH excluding ortho intramolecular Hbond substituents is 1. The lowest BCUT2D eigenvalue weighted by atomic mass is 10.2. The summed E-state index contributed by atoms with van der Waals surface area (Å²) in [5.74, 6) is 0.638. The molecule has 0 aliphatic carbocycles. The number of nitrogens with zero attached hydrogens (tertiary/aromatic N) is 2. The van der Waals surface area contributed by atoms with Crippen LogP contribution >= 0.6 is 23.2 Å². The number of aromatic hydroxyl groups is 1. The van der Waals surface area contributed by atoms with E-state index in [1.54, 1.807) is 36.5 Å². The topological polar surface area (TPSA) is 57.5 Å². The van der Waals surface area contributed by atoms with Crippen LogP contribution in [0.25, 0.3) is 0 Å². The Morgan fingerprint density at radius 2 is 1.94 bits per heavy atom. The Morgan fingerprint density at radius 1 is 1.22 bits per heavy atom. The summed E-state index contributed by atoms with van der Waals surface area (Å²) in [6.45, 7) is 0. The van der Waals surface area contributed by atoms with Gasteiger partial charge in [-0.2, -0.15) is 5.10 Å². The number of phenols is 1. The van der Waals surface area contributed by atoms with Gasteiger partial charge in [0, 0.05) is 6.20 Å². The molecule has 0 aliphatic heterocycles. The number of benzene rings is 1. The molecule has 0 amide bonds. The molecule has 0 atom stereocenters. The molecule has 6 heteroatoms. The third kappa shape index (κ3) is 3.35. The first-order chi connectivity index (χ1) is 8.65. The third-order valence-electron chi connectivity index (χ3n) is 2.08. The Morgan fingerprint density at radius 3 is 2.61 bits per heavy atom. The van der Waals surface area contributed by atoms with E-state index in [0.717, 1.165) is 5.56 Å². The van der Waals surface area contributed by atoms with Gasteiger partial charge in [-0.1, -0.05) is 23.2 Å². The van der Waals surface area contributed by atoms with E-state index < -0.39 is 0 Å². The van der Waals surface area contributed by atoms with Crippen molar-refractivity contribution < 1.29 is 5.11 Å². The smallest absolute Gasteiger partial charge is 0.165 e. The Balaban J connectivity index is 2.05. The summed E-state index contributed by atoms with van der Waals surface area (Å²) in [5.41, 5.74) is 3.55. The molecule has 2 aromatic rings. The summed E-state index contributed by atoms with van der Waals surface area (Å²) in [4.78, 5) is 3.99. The van der Waals surface area contributed by atoms with Crippen LogP contribution in [-0.2, 0) is 0 Å². The second-order valence-corrected chi connectivity index (χ2v) is 4.29. The zero-order valence-corrected chi connectivity index (χ0v) is 10.7. The number of halogens is 2. The van der Waals surface area contributed by atoms with Crippen LogP contribution in [0.2, 0.25) is 10.0 Å². The number of aromatic nitrogens is 1. The van der Waals surface area contributed by atoms with Crippen molar-refractivity contribution >= 4 is 35.2 Å². The molecule has 0 radical (unpaired) electrons. The molecule has 4 nitrogen and oxygen atoms in total. The standard InChI is InChI=1S/C12H9Cl2N3O/c13-9-5-11(14)12(15-7-9)17-16-6-8-1-3-10(18)4-2-8/h1-7,18H,(H,15,17). The van der Waals surface area contributed by atoms with Crippen LogP contribution in [-0.4, -0.2) is 16.3 Å². The van der Waals surface area contributed by atoms with Crippen LogP contribution in [0.15, 0.2) is 41.6 Å². The fourth-order valence-corrected chi connectivity index (χ4v) is 1.65. The highest BCUT2D eigenvalue weighted by atomic mass is 35.5. The average Bonchev–Trinajstić information content (AvgIpc) is 2.34. The van der Waals surface area contributed by atoms with E-state index in [1.807, 2.05) is 0 Å². The van der Waals surface area contributed by atoms with Crippen molar-refractivity contribution in [3.8, 4) is 5.75 Å². The van der Waals surface area contributed by atoms with Gasteiger partial charge in [-0.3, -0.25) is 5.43 Å². The Hall–Kier alpha value is -1.78. The molecule has 2 rings (SSSR count). The predicted molar refractivity (Wildman–Crippen MR) is 73.6 cm³/mol. The van der Waals surface area contributed by atoms with Crippen LogP contribution in [0.5, 0.6) is 5.75 Å². The summed E-state index contributed by atoms with van der Waals surface area (Å²) in [6.07, 6.45) is 3.07. The lowest BCUT2D eigenvalue weighted by Crippen LogP contribution is -1.94. The maximum Gasteiger partial charge on any atom is 0.165 e. The molecular formula is C12H9Cl2N3O. The van der Waals surface area contributed by atoms with E-state index in [2.05, 4.69) is 15.5 Å². The molecule has 0 bridgehead atoms. The fraction of sp³-hybridized carbons (Fsp3) is 0. The van der Waals surface area contributed by atoms with Crippen molar-refractivity contribution in [1.82, 2.24) is 4.98 Å². The second-order valence-electron chi connectivity index (χ2n) is 3.45. The summed E-state index contributed by atoms with van der Waals surface area (Å²) in [7, 11) is 0. The van der Waals surface area contributed by atoms with Crippen molar-refractivity contribution in [3.63, 3.8) is 0 Å². The van der Waals surface area contributed by atoms with Gasteiger partial charge in [-0.25, -0.2) is 4.98 Å². The van der Waals surface area contributed by atoms with E-state index in [-0.39, 0.29) is 5.75 Å². The number of hydrogen-bond donors (Lipinski definition) is 2. The van der Waals surface area contributed by atoms with Crippen molar-refractivity contribution in [2.24, 2.45) is 5.10 Å². The van der Waals surface area contributed by atoms with E-state index >= 15 is 0 Å². The van der Waals surface area contributed by atoms with Crippen molar-refractivity contribution in [2.75, 3.05) is 5.43 Å². The van der Waals surface area contributed by atoms with Crippen molar-refractivity contribution in [3.05, 3.63) is 52.1 Å². The van der Waals surface area contributed by atoms with Gasteiger partial charge >= 0.3 is 0 Å². The van der Waals surface area contributed by atoms with E-state index in [4.69, 9.17) is 28.3 Å². The van der Waals surface area contributed by atoms with Gasteiger partial charge in [0.15, 0.2) is 5.82 Å². The molecule has 0 unspecified atom stereocenters. The highest BCUT2D eigenvalue weighted by Crippen LogP contribution is 2.22. The molecule has 1 aromatic heterocycles. The lowest BCUT2D eigenvalue weighted by molar-refractivity contribution is 0.475. The Labute approximate surface area is 114 Å². The molecule has 1 heterocycles. The lowest BCUT2D eigenvalue weighted by Gasteiger charge is -2.01. The number of hydrogen-bond acceptors (Lipinski definition) is 4. The fourth-order valence-electron chi connectivity index (χ4n) is 1.23. The van der Waals surface area contributed by atoms with Gasteiger partial charge in [0.25, 0.3) is 0 Å². The number of hydrazone groups is 1. The molecule has 92 valence electrons. The van der Waals surface area contributed by atoms with Gasteiger partial charge in [-0.05, 0) is 35.9 Å². The minimum atomic E-state index is 0.211. The SMILES string of the molecule is Oc1ccc(C=NNc2ncc(Cl)cc2Cl)cc1. The molecular weight excluding hydrogens is 273 g/mol. The Bertz CT molecular complexity index is 570. The molecule has 2 N–H and O–H groups in total. The molecule has 0 saturated carbocycles. The van der Waals surface area contributed by atoms with E-state index in [9.17, 15) is 0 Å². The van der Waals surface area contributed by atoms with Gasteiger partial charge in [0.05, 0.1) is 16.3 Å². The number of rotatable bonds is 3. The molecule has 18 heavy (non-hydrogen) atoms. The first-order valence-electron chi connectivity index (χ1n) is 5.04. The normalized spacial score (nSPS) is 10.8. The van der Waals surface area contributed by atoms with Crippen LogP contribution < -0.4 is 5.43 Å². The van der Waals surface area contributed by atoms with Crippen LogP contribution in [0.4, 0.5) is 5.82 Å². The maximum atomic E-state index is 9.12. The van der Waals surface area contributed by atoms with Gasteiger partial charge in [0.1, 0.15) is 5.75 Å². The minimum Gasteiger partial charge on any atom is -0.508 e. The van der Waals surface area contributed by atoms with Crippen molar-refractivity contribution in [1.29, 1.82) is 0 Å². The summed E-state index contributed by atoms with van der Waals surface area (Å²) < 4.78 is 0. The van der Waals surface area contributed by atoms with E-state index in [0.29, 0.717) is 15.9 Å². The Kier molecular flexibility index (Phi) is 4.02. The number of anilines is 1. The predicted octanol–water partition coefficient (Wildman–Crippen LogP) is 3.54. The average molecular weight is 282 g/mol. The van der Waals surface area contributed by atoms with Gasteiger partial charge < -0.3 is 5.11 Å².